The van der Waals surface area contributed by atoms with Gasteiger partial charge >= 0.3 is 0 Å². The molecule has 37 heavy (non-hydrogen) atoms. The van der Waals surface area contributed by atoms with E-state index in [9.17, 15) is 9.59 Å². The van der Waals surface area contributed by atoms with Crippen molar-refractivity contribution in [1.82, 2.24) is 15.6 Å². The number of halogens is 1. The van der Waals surface area contributed by atoms with E-state index < -0.39 is 6.04 Å². The van der Waals surface area contributed by atoms with Gasteiger partial charge in [0, 0.05) is 28.1 Å². The number of carbonyl (C=O) groups excluding carboxylic acids is 2. The van der Waals surface area contributed by atoms with Crippen LogP contribution in [0.2, 0.25) is 0 Å². The number of ether oxygens (including phenoxy) is 1. The highest BCUT2D eigenvalue weighted by molar-refractivity contribution is 9.10. The third-order valence-corrected chi connectivity index (χ3v) is 9.11. The summed E-state index contributed by atoms with van der Waals surface area (Å²) in [6.07, 6.45) is 8.96. The molecule has 0 radical (unpaired) electrons. The third-order valence-electron chi connectivity index (χ3n) is 7.61. The van der Waals surface area contributed by atoms with Crippen molar-refractivity contribution in [3.05, 3.63) is 38.6 Å². The number of fused-ring (bicyclic) bond motifs is 1. The van der Waals surface area contributed by atoms with Crippen LogP contribution in [0.3, 0.4) is 0 Å². The Morgan fingerprint density at radius 3 is 2.86 bits per heavy atom. The van der Waals surface area contributed by atoms with E-state index in [1.165, 1.54) is 24.2 Å². The van der Waals surface area contributed by atoms with Gasteiger partial charge in [-0.05, 0) is 71.9 Å². The third kappa shape index (κ3) is 6.52. The van der Waals surface area contributed by atoms with E-state index in [1.54, 1.807) is 6.20 Å². The van der Waals surface area contributed by atoms with Gasteiger partial charge < -0.3 is 25.3 Å². The molecule has 1 aliphatic heterocycles. The lowest BCUT2D eigenvalue weighted by atomic mass is 9.80. The maximum absolute atomic E-state index is 13.2. The number of hydrogen-bond donors (Lipinski definition) is 2. The topological polar surface area (TPSA) is 95.9 Å². The first-order chi connectivity index (χ1) is 18.0. The molecule has 10 heteroatoms. The smallest absolute Gasteiger partial charge is 0.262 e. The number of nitrogens with one attached hydrogen (secondary N) is 2. The summed E-state index contributed by atoms with van der Waals surface area (Å²) in [6.45, 7) is 6.31. The largest absolute Gasteiger partial charge is 0.474 e. The number of amides is 2. The van der Waals surface area contributed by atoms with Gasteiger partial charge in [0.1, 0.15) is 18.3 Å². The van der Waals surface area contributed by atoms with E-state index in [-0.39, 0.29) is 17.9 Å². The highest BCUT2D eigenvalue weighted by atomic mass is 79.9. The van der Waals surface area contributed by atoms with E-state index >= 15 is 0 Å². The molecule has 0 saturated heterocycles. The number of aromatic nitrogens is 1. The molecule has 2 aromatic rings. The molecule has 1 atom stereocenters. The van der Waals surface area contributed by atoms with Crippen molar-refractivity contribution < 1.29 is 14.3 Å². The van der Waals surface area contributed by atoms with Gasteiger partial charge in [0.2, 0.25) is 11.8 Å². The first kappa shape index (κ1) is 26.2. The summed E-state index contributed by atoms with van der Waals surface area (Å²) in [5.41, 5.74) is 0.940. The summed E-state index contributed by atoms with van der Waals surface area (Å²) in [5, 5.41) is 6.24. The lowest BCUT2D eigenvalue weighted by Crippen LogP contribution is -2.53. The summed E-state index contributed by atoms with van der Waals surface area (Å²) in [7, 11) is 0. The van der Waals surface area contributed by atoms with Crippen molar-refractivity contribution in [2.75, 3.05) is 24.6 Å². The van der Waals surface area contributed by atoms with E-state index in [0.29, 0.717) is 42.2 Å². The minimum Gasteiger partial charge on any atom is -0.474 e. The van der Waals surface area contributed by atoms with Gasteiger partial charge in [0.15, 0.2) is 0 Å². The van der Waals surface area contributed by atoms with Crippen molar-refractivity contribution >= 4 is 51.5 Å². The fraction of sp³-hybridized carbons (Fsp3) is 0.556. The quantitative estimate of drug-likeness (QED) is 0.397. The fourth-order valence-corrected chi connectivity index (χ4v) is 6.84. The van der Waals surface area contributed by atoms with Gasteiger partial charge in [-0.3, -0.25) is 9.59 Å². The highest BCUT2D eigenvalue weighted by Gasteiger charge is 2.33. The Balaban J connectivity index is 1.21. The van der Waals surface area contributed by atoms with Crippen molar-refractivity contribution in [3.8, 4) is 5.88 Å². The minimum atomic E-state index is -0.507. The van der Waals surface area contributed by atoms with Gasteiger partial charge in [-0.15, -0.1) is 11.3 Å². The van der Waals surface area contributed by atoms with Crippen molar-refractivity contribution in [2.45, 2.75) is 63.6 Å². The molecule has 2 saturated carbocycles. The summed E-state index contributed by atoms with van der Waals surface area (Å²) in [4.78, 5) is 38.7. The monoisotopic (exact) mass is 587 g/mol. The van der Waals surface area contributed by atoms with E-state index in [2.05, 4.69) is 48.2 Å². The highest BCUT2D eigenvalue weighted by Crippen LogP contribution is 2.34. The summed E-state index contributed by atoms with van der Waals surface area (Å²) < 4.78 is 6.59. The van der Waals surface area contributed by atoms with Crippen LogP contribution >= 0.6 is 27.3 Å². The van der Waals surface area contributed by atoms with Crippen LogP contribution in [0.15, 0.2) is 33.9 Å². The molecule has 3 heterocycles. The van der Waals surface area contributed by atoms with Crippen LogP contribution in [0, 0.1) is 11.8 Å². The van der Waals surface area contributed by atoms with Crippen LogP contribution in [0.5, 0.6) is 5.88 Å². The second-order valence-electron chi connectivity index (χ2n) is 10.4. The number of hydrogen-bond acceptors (Lipinski definition) is 7. The average Bonchev–Trinajstić information content (AvgIpc) is 3.55. The second kappa shape index (κ2) is 11.9. The van der Waals surface area contributed by atoms with Crippen LogP contribution in [0.1, 0.15) is 59.5 Å². The maximum atomic E-state index is 13.2. The van der Waals surface area contributed by atoms with E-state index in [1.807, 2.05) is 18.2 Å². The molecule has 2 N–H and O–H groups in total. The molecule has 198 valence electrons. The number of nitrogens with zero attached hydrogens (tertiary/aromatic N) is 3. The Labute approximate surface area is 230 Å². The Morgan fingerprint density at radius 2 is 2.08 bits per heavy atom. The normalized spacial score (nSPS) is 21.9. The van der Waals surface area contributed by atoms with Gasteiger partial charge in [-0.1, -0.05) is 25.7 Å². The molecule has 0 unspecified atom stereocenters. The molecule has 2 aromatic heterocycles. The van der Waals surface area contributed by atoms with Gasteiger partial charge in [-0.25, -0.2) is 4.98 Å². The van der Waals surface area contributed by atoms with Gasteiger partial charge in [0.05, 0.1) is 18.0 Å². The number of rotatable bonds is 10. The standard InChI is InChI=1S/C27H34BrN5O3S/c1-29-14-18-10-20(11-18)31-25(34)22(12-17-4-2-3-5-17)32-26(35)24-7-6-21(37-24)16-33-8-9-36-27-23(33)13-19(28)15-30-27/h6-7,13,15,17-18,20,22H,1-5,8-12,14,16H2,(H,31,34)(H,32,35)/t18?,20?,22-/m0/s1. The van der Waals surface area contributed by atoms with Crippen LogP contribution in [-0.2, 0) is 11.3 Å². The van der Waals surface area contributed by atoms with Gasteiger partial charge in [0.25, 0.3) is 5.91 Å². The second-order valence-corrected chi connectivity index (χ2v) is 12.5. The average molecular weight is 589 g/mol. The van der Waals surface area contributed by atoms with E-state index in [4.69, 9.17) is 4.74 Å². The first-order valence-corrected chi connectivity index (χ1v) is 14.7. The molecule has 2 aliphatic carbocycles. The number of carbonyl (C=O) groups is 2. The summed E-state index contributed by atoms with van der Waals surface area (Å²) in [5.74, 6) is 1.38. The number of pyridine rings is 1. The predicted molar refractivity (Wildman–Crippen MR) is 150 cm³/mol. The molecule has 0 bridgehead atoms. The number of aliphatic imine (C=N–C) groups is 1. The fourth-order valence-electron chi connectivity index (χ4n) is 5.59. The molecular weight excluding hydrogens is 554 g/mol. The predicted octanol–water partition coefficient (Wildman–Crippen LogP) is 4.58. The lowest BCUT2D eigenvalue weighted by Gasteiger charge is -2.36. The first-order valence-electron chi connectivity index (χ1n) is 13.1. The van der Waals surface area contributed by atoms with Crippen molar-refractivity contribution in [2.24, 2.45) is 16.8 Å². The zero-order chi connectivity index (χ0) is 25.8. The molecule has 8 nitrogen and oxygen atoms in total. The van der Waals surface area contributed by atoms with E-state index in [0.717, 1.165) is 53.8 Å². The SMILES string of the molecule is C=NCC1CC(NC(=O)[C@H](CC2CCCC2)NC(=O)c2ccc(CN3CCOc4ncc(Br)cc43)s2)C1. The summed E-state index contributed by atoms with van der Waals surface area (Å²) in [6, 6.07) is 5.52. The molecule has 2 amide bonds. The van der Waals surface area contributed by atoms with Crippen LogP contribution in [0.4, 0.5) is 5.69 Å². The number of thiophene rings is 1. The minimum absolute atomic E-state index is 0.0601. The Bertz CT molecular complexity index is 1130. The zero-order valence-electron chi connectivity index (χ0n) is 21.0. The summed E-state index contributed by atoms with van der Waals surface area (Å²) >= 11 is 4.96. The van der Waals surface area contributed by atoms with Crippen LogP contribution in [-0.4, -0.2) is 55.3 Å². The molecule has 5 rings (SSSR count). The maximum Gasteiger partial charge on any atom is 0.262 e. The number of anilines is 1. The Hall–Kier alpha value is -2.46. The molecule has 2 fully saturated rings. The van der Waals surface area contributed by atoms with Crippen molar-refractivity contribution in [1.29, 1.82) is 0 Å². The lowest BCUT2D eigenvalue weighted by molar-refractivity contribution is -0.125. The molecule has 0 aromatic carbocycles. The Kier molecular flexibility index (Phi) is 8.44. The zero-order valence-corrected chi connectivity index (χ0v) is 23.4. The van der Waals surface area contributed by atoms with Crippen molar-refractivity contribution in [3.63, 3.8) is 0 Å². The van der Waals surface area contributed by atoms with Crippen LogP contribution in [0.25, 0.3) is 0 Å². The van der Waals surface area contributed by atoms with Crippen LogP contribution < -0.4 is 20.3 Å². The molecular formula is C27H34BrN5O3S. The molecule has 0 spiro atoms. The van der Waals surface area contributed by atoms with Gasteiger partial charge in [-0.2, -0.15) is 0 Å². The molecule has 3 aliphatic rings. The Morgan fingerprint density at radius 1 is 1.27 bits per heavy atom.